The van der Waals surface area contributed by atoms with Crippen LogP contribution in [0.3, 0.4) is 0 Å². The van der Waals surface area contributed by atoms with Gasteiger partial charge in [-0.15, -0.1) is 0 Å². The average Bonchev–Trinajstić information content (AvgIpc) is 3.20. The standard InChI is InChI=1S/C48H89N3O6/c1-6-10-12-16-22-31-42(32-23-17-13-11-7-2)57-44(53)34-25-19-15-21-27-38-51(39-28-36-50-46-45(49-5)47(54)48(46)55)37-26-20-14-18-24-33-43(52)56-40-35-41(29-8-3)30-9-4/h41-42,49-50H,6-40H2,1-5H3. The number of carbonyl (C=O) groups is 2. The first kappa shape index (κ1) is 52.6. The molecule has 1 rings (SSSR count). The van der Waals surface area contributed by atoms with Crippen LogP contribution in [-0.2, 0) is 19.1 Å². The van der Waals surface area contributed by atoms with Crippen molar-refractivity contribution in [2.75, 3.05) is 50.5 Å². The van der Waals surface area contributed by atoms with E-state index in [-0.39, 0.29) is 18.0 Å². The molecule has 1 aromatic carbocycles. The fourth-order valence-corrected chi connectivity index (χ4v) is 8.04. The third kappa shape index (κ3) is 27.1. The topological polar surface area (TPSA) is 114 Å². The molecule has 0 aliphatic carbocycles. The molecule has 1 aromatic rings. The predicted octanol–water partition coefficient (Wildman–Crippen LogP) is 11.9. The third-order valence-corrected chi connectivity index (χ3v) is 11.6. The van der Waals surface area contributed by atoms with E-state index in [2.05, 4.69) is 43.2 Å². The molecule has 9 heteroatoms. The number of unbranched alkanes of at least 4 members (excludes halogenated alkanes) is 16. The van der Waals surface area contributed by atoms with Crippen molar-refractivity contribution >= 4 is 23.3 Å². The number of ether oxygens (including phenoxy) is 2. The SMILES string of the molecule is CCCCCCCC(CCCCCCC)OC(=O)CCCCCCCN(CCCCCCCC(=O)OCCC(CCC)CCC)CCCNc1c(NC)c(=O)c1=O. The van der Waals surface area contributed by atoms with Crippen LogP contribution in [0.2, 0.25) is 0 Å². The smallest absolute Gasteiger partial charge is 0.306 e. The van der Waals surface area contributed by atoms with Gasteiger partial charge in [0.1, 0.15) is 17.5 Å². The van der Waals surface area contributed by atoms with Gasteiger partial charge in [0.2, 0.25) is 0 Å². The Labute approximate surface area is 349 Å². The highest BCUT2D eigenvalue weighted by Gasteiger charge is 2.19. The summed E-state index contributed by atoms with van der Waals surface area (Å²) in [6.45, 7) is 13.2. The van der Waals surface area contributed by atoms with Gasteiger partial charge in [0.05, 0.1) is 6.61 Å². The maximum atomic E-state index is 12.8. The molecule has 0 aliphatic rings. The molecule has 0 amide bonds. The zero-order valence-electron chi connectivity index (χ0n) is 37.8. The predicted molar refractivity (Wildman–Crippen MR) is 241 cm³/mol. The fraction of sp³-hybridized carbons (Fsp3) is 0.875. The minimum Gasteiger partial charge on any atom is -0.466 e. The molecule has 0 bridgehead atoms. The number of hydrogen-bond acceptors (Lipinski definition) is 9. The van der Waals surface area contributed by atoms with Crippen LogP contribution in [0.4, 0.5) is 11.4 Å². The summed E-state index contributed by atoms with van der Waals surface area (Å²) in [5.74, 6) is 0.618. The van der Waals surface area contributed by atoms with Gasteiger partial charge in [0, 0.05) is 26.4 Å². The van der Waals surface area contributed by atoms with E-state index in [4.69, 9.17) is 9.47 Å². The highest BCUT2D eigenvalue weighted by Crippen LogP contribution is 2.20. The lowest BCUT2D eigenvalue weighted by Gasteiger charge is -2.23. The molecular formula is C48H89N3O6. The van der Waals surface area contributed by atoms with E-state index in [0.29, 0.717) is 43.3 Å². The molecule has 2 N–H and O–H groups in total. The number of anilines is 2. The number of esters is 2. The summed E-state index contributed by atoms with van der Waals surface area (Å²) in [7, 11) is 1.67. The van der Waals surface area contributed by atoms with Gasteiger partial charge in [0.15, 0.2) is 0 Å². The van der Waals surface area contributed by atoms with E-state index in [1.54, 1.807) is 7.05 Å². The van der Waals surface area contributed by atoms with Crippen molar-refractivity contribution < 1.29 is 19.1 Å². The molecule has 0 aromatic heterocycles. The first-order chi connectivity index (χ1) is 27.8. The molecule has 0 radical (unpaired) electrons. The summed E-state index contributed by atoms with van der Waals surface area (Å²) in [6.07, 6.45) is 33.0. The minimum atomic E-state index is -0.441. The van der Waals surface area contributed by atoms with E-state index < -0.39 is 10.9 Å². The Morgan fingerprint density at radius 2 is 1.00 bits per heavy atom. The number of nitrogens with zero attached hydrogens (tertiary/aromatic N) is 1. The van der Waals surface area contributed by atoms with Crippen molar-refractivity contribution in [1.29, 1.82) is 0 Å². The van der Waals surface area contributed by atoms with Crippen LogP contribution in [0, 0.1) is 5.92 Å². The number of nitrogens with one attached hydrogen (secondary N) is 2. The van der Waals surface area contributed by atoms with Crippen molar-refractivity contribution in [1.82, 2.24) is 4.90 Å². The summed E-state index contributed by atoms with van der Waals surface area (Å²) < 4.78 is 11.6. The highest BCUT2D eigenvalue weighted by atomic mass is 16.5. The Balaban J connectivity index is 2.39. The van der Waals surface area contributed by atoms with Gasteiger partial charge in [-0.05, 0) is 89.8 Å². The van der Waals surface area contributed by atoms with Crippen molar-refractivity contribution in [3.8, 4) is 0 Å². The second kappa shape index (κ2) is 36.6. The first-order valence-corrected chi connectivity index (χ1v) is 24.1. The summed E-state index contributed by atoms with van der Waals surface area (Å²) in [4.78, 5) is 51.3. The Morgan fingerprint density at radius 3 is 1.54 bits per heavy atom. The highest BCUT2D eigenvalue weighted by molar-refractivity contribution is 5.73. The van der Waals surface area contributed by atoms with E-state index >= 15 is 0 Å². The average molecular weight is 804 g/mol. The lowest BCUT2D eigenvalue weighted by molar-refractivity contribution is -0.150. The van der Waals surface area contributed by atoms with Gasteiger partial charge >= 0.3 is 11.9 Å². The molecule has 0 fully saturated rings. The largest absolute Gasteiger partial charge is 0.466 e. The van der Waals surface area contributed by atoms with Crippen LogP contribution in [0.25, 0.3) is 0 Å². The van der Waals surface area contributed by atoms with Crippen molar-refractivity contribution in [2.24, 2.45) is 5.92 Å². The normalized spacial score (nSPS) is 11.6. The monoisotopic (exact) mass is 804 g/mol. The van der Waals surface area contributed by atoms with Crippen LogP contribution < -0.4 is 21.5 Å². The Morgan fingerprint density at radius 1 is 0.526 bits per heavy atom. The van der Waals surface area contributed by atoms with E-state index in [1.807, 2.05) is 0 Å². The third-order valence-electron chi connectivity index (χ3n) is 11.6. The molecule has 0 saturated heterocycles. The van der Waals surface area contributed by atoms with Gasteiger partial charge in [0.25, 0.3) is 10.9 Å². The quantitative estimate of drug-likeness (QED) is 0.0379. The van der Waals surface area contributed by atoms with E-state index in [9.17, 15) is 19.2 Å². The first-order valence-electron chi connectivity index (χ1n) is 24.1. The van der Waals surface area contributed by atoms with Gasteiger partial charge < -0.3 is 25.0 Å². The summed E-state index contributed by atoms with van der Waals surface area (Å²) in [5, 5.41) is 6.01. The van der Waals surface area contributed by atoms with E-state index in [0.717, 1.165) is 122 Å². The van der Waals surface area contributed by atoms with Crippen molar-refractivity contribution in [2.45, 2.75) is 226 Å². The molecule has 0 atom stereocenters. The molecule has 0 saturated carbocycles. The van der Waals surface area contributed by atoms with Crippen LogP contribution in [-0.4, -0.2) is 62.8 Å². The summed E-state index contributed by atoms with van der Waals surface area (Å²) in [5.41, 5.74) is -0.0645. The molecule has 57 heavy (non-hydrogen) atoms. The number of carbonyl (C=O) groups excluding carboxylic acids is 2. The van der Waals surface area contributed by atoms with Crippen LogP contribution in [0.15, 0.2) is 9.59 Å². The fourth-order valence-electron chi connectivity index (χ4n) is 8.04. The maximum absolute atomic E-state index is 12.8. The Hall–Kier alpha value is -2.42. The molecule has 0 spiro atoms. The van der Waals surface area contributed by atoms with Gasteiger partial charge in [-0.2, -0.15) is 0 Å². The molecule has 0 aliphatic heterocycles. The summed E-state index contributed by atoms with van der Waals surface area (Å²) in [6, 6.07) is 0. The minimum absolute atomic E-state index is 0.00861. The second-order valence-corrected chi connectivity index (χ2v) is 16.8. The molecule has 9 nitrogen and oxygen atoms in total. The van der Waals surface area contributed by atoms with Crippen LogP contribution >= 0.6 is 0 Å². The van der Waals surface area contributed by atoms with E-state index in [1.165, 1.54) is 77.0 Å². The lowest BCUT2D eigenvalue weighted by atomic mass is 9.95. The van der Waals surface area contributed by atoms with Crippen LogP contribution in [0.5, 0.6) is 0 Å². The zero-order valence-corrected chi connectivity index (χ0v) is 37.8. The number of hydrogen-bond donors (Lipinski definition) is 2. The maximum Gasteiger partial charge on any atom is 0.306 e. The molecule has 0 unspecified atom stereocenters. The van der Waals surface area contributed by atoms with Gasteiger partial charge in [-0.3, -0.25) is 19.2 Å². The molecule has 332 valence electrons. The van der Waals surface area contributed by atoms with Crippen molar-refractivity contribution in [3.05, 3.63) is 20.4 Å². The summed E-state index contributed by atoms with van der Waals surface area (Å²) >= 11 is 0. The Kier molecular flexibility index (Phi) is 33.8. The van der Waals surface area contributed by atoms with Gasteiger partial charge in [-0.1, -0.05) is 143 Å². The zero-order chi connectivity index (χ0) is 41.8. The Bertz CT molecular complexity index is 1160. The molecule has 0 heterocycles. The number of rotatable bonds is 42. The second-order valence-electron chi connectivity index (χ2n) is 16.8. The lowest BCUT2D eigenvalue weighted by Crippen LogP contribution is -2.37. The van der Waals surface area contributed by atoms with Crippen molar-refractivity contribution in [3.63, 3.8) is 0 Å². The van der Waals surface area contributed by atoms with Crippen LogP contribution in [0.1, 0.15) is 220 Å². The van der Waals surface area contributed by atoms with Gasteiger partial charge in [-0.25, -0.2) is 0 Å². The molecular weight excluding hydrogens is 715 g/mol.